The lowest BCUT2D eigenvalue weighted by Gasteiger charge is -2.35. The lowest BCUT2D eigenvalue weighted by atomic mass is 10.1. The van der Waals surface area contributed by atoms with Crippen LogP contribution in [0.25, 0.3) is 0 Å². The van der Waals surface area contributed by atoms with Crippen LogP contribution in [-0.2, 0) is 14.8 Å². The number of anilines is 1. The maximum absolute atomic E-state index is 12.7. The molecule has 2 aromatic rings. The number of rotatable bonds is 4. The van der Waals surface area contributed by atoms with E-state index >= 15 is 0 Å². The molecule has 0 aromatic heterocycles. The van der Waals surface area contributed by atoms with Gasteiger partial charge in [-0.05, 0) is 57.2 Å². The van der Waals surface area contributed by atoms with Crippen LogP contribution in [0.5, 0.6) is 0 Å². The van der Waals surface area contributed by atoms with Gasteiger partial charge < -0.3 is 9.64 Å². The van der Waals surface area contributed by atoms with Gasteiger partial charge in [0.25, 0.3) is 15.9 Å². The Hall–Kier alpha value is -2.38. The fourth-order valence-electron chi connectivity index (χ4n) is 3.14. The topological polar surface area (TPSA) is 75.7 Å². The summed E-state index contributed by atoms with van der Waals surface area (Å²) in [6, 6.07) is 13.1. The largest absolute Gasteiger partial charge is 0.372 e. The zero-order chi connectivity index (χ0) is 19.6. The van der Waals surface area contributed by atoms with E-state index in [9.17, 15) is 13.2 Å². The van der Waals surface area contributed by atoms with Crippen LogP contribution in [0.15, 0.2) is 53.4 Å². The average Bonchev–Trinajstić information content (AvgIpc) is 2.62. The highest BCUT2D eigenvalue weighted by Crippen LogP contribution is 2.19. The molecule has 3 rings (SSSR count). The molecule has 2 atom stereocenters. The number of amides is 1. The zero-order valence-corrected chi connectivity index (χ0v) is 16.5. The number of ether oxygens (including phenoxy) is 1. The van der Waals surface area contributed by atoms with Crippen molar-refractivity contribution in [2.24, 2.45) is 0 Å². The number of benzene rings is 2. The number of hydrogen-bond acceptors (Lipinski definition) is 4. The lowest BCUT2D eigenvalue weighted by molar-refractivity contribution is -0.0586. The fraction of sp³-hybridized carbons (Fsp3) is 0.350. The number of carbonyl (C=O) groups is 1. The third-order valence-electron chi connectivity index (χ3n) is 4.42. The first-order valence-corrected chi connectivity index (χ1v) is 10.4. The van der Waals surface area contributed by atoms with Gasteiger partial charge in [0.2, 0.25) is 0 Å². The Kier molecular flexibility index (Phi) is 5.53. The zero-order valence-electron chi connectivity index (χ0n) is 15.7. The lowest BCUT2D eigenvalue weighted by Crippen LogP contribution is -2.48. The van der Waals surface area contributed by atoms with Crippen molar-refractivity contribution < 1.29 is 17.9 Å². The average molecular weight is 388 g/mol. The minimum absolute atomic E-state index is 0.0175. The molecule has 144 valence electrons. The molecular formula is C20H24N2O4S. The molecule has 0 radical (unpaired) electrons. The van der Waals surface area contributed by atoms with E-state index < -0.39 is 10.0 Å². The second kappa shape index (κ2) is 7.70. The summed E-state index contributed by atoms with van der Waals surface area (Å²) in [5.74, 6) is -0.118. The summed E-state index contributed by atoms with van der Waals surface area (Å²) in [6.07, 6.45) is -0.0351. The molecule has 0 saturated carbocycles. The summed E-state index contributed by atoms with van der Waals surface area (Å²) in [5.41, 5.74) is 2.01. The van der Waals surface area contributed by atoms with Crippen molar-refractivity contribution in [2.75, 3.05) is 17.8 Å². The van der Waals surface area contributed by atoms with Crippen LogP contribution in [0.1, 0.15) is 29.8 Å². The quantitative estimate of drug-likeness (QED) is 0.873. The third-order valence-corrected chi connectivity index (χ3v) is 5.82. The summed E-state index contributed by atoms with van der Waals surface area (Å²) in [7, 11) is -3.71. The van der Waals surface area contributed by atoms with Crippen molar-refractivity contribution in [3.63, 3.8) is 0 Å². The highest BCUT2D eigenvalue weighted by atomic mass is 32.2. The summed E-state index contributed by atoms with van der Waals surface area (Å²) in [4.78, 5) is 14.5. The van der Waals surface area contributed by atoms with Crippen LogP contribution >= 0.6 is 0 Å². The fourth-order valence-corrected chi connectivity index (χ4v) is 4.20. The van der Waals surface area contributed by atoms with Crippen molar-refractivity contribution in [2.45, 2.75) is 37.9 Å². The van der Waals surface area contributed by atoms with Crippen LogP contribution in [-0.4, -0.2) is 44.5 Å². The van der Waals surface area contributed by atoms with E-state index in [0.29, 0.717) is 24.3 Å². The first kappa shape index (κ1) is 19.4. The molecule has 27 heavy (non-hydrogen) atoms. The van der Waals surface area contributed by atoms with Crippen LogP contribution in [0.3, 0.4) is 0 Å². The van der Waals surface area contributed by atoms with Gasteiger partial charge in [-0.25, -0.2) is 8.42 Å². The van der Waals surface area contributed by atoms with E-state index in [1.807, 2.05) is 32.9 Å². The molecule has 0 unspecified atom stereocenters. The molecule has 6 nitrogen and oxygen atoms in total. The second-order valence-electron chi connectivity index (χ2n) is 6.96. The van der Waals surface area contributed by atoms with Gasteiger partial charge >= 0.3 is 0 Å². The molecule has 1 heterocycles. The predicted octanol–water partition coefficient (Wildman–Crippen LogP) is 3.05. The monoisotopic (exact) mass is 388 g/mol. The molecule has 1 saturated heterocycles. The van der Waals surface area contributed by atoms with Gasteiger partial charge in [-0.2, -0.15) is 0 Å². The Balaban J connectivity index is 1.74. The Morgan fingerprint density at radius 3 is 2.11 bits per heavy atom. The van der Waals surface area contributed by atoms with E-state index in [2.05, 4.69) is 4.72 Å². The van der Waals surface area contributed by atoms with E-state index in [-0.39, 0.29) is 23.0 Å². The van der Waals surface area contributed by atoms with Crippen LogP contribution in [0, 0.1) is 6.92 Å². The minimum Gasteiger partial charge on any atom is -0.372 e. The van der Waals surface area contributed by atoms with Gasteiger partial charge in [0.05, 0.1) is 17.1 Å². The van der Waals surface area contributed by atoms with Gasteiger partial charge in [-0.15, -0.1) is 0 Å². The van der Waals surface area contributed by atoms with Crippen LogP contribution in [0.2, 0.25) is 0 Å². The molecule has 1 aliphatic heterocycles. The number of sulfonamides is 1. The Bertz CT molecular complexity index is 898. The second-order valence-corrected chi connectivity index (χ2v) is 8.65. The number of carbonyl (C=O) groups excluding carboxylic acids is 1. The normalized spacial score (nSPS) is 20.3. The van der Waals surface area contributed by atoms with E-state index in [1.54, 1.807) is 29.2 Å². The minimum atomic E-state index is -3.71. The molecule has 2 aromatic carbocycles. The number of nitrogens with one attached hydrogen (secondary N) is 1. The van der Waals surface area contributed by atoms with Crippen LogP contribution in [0.4, 0.5) is 5.69 Å². The van der Waals surface area contributed by atoms with Crippen molar-refractivity contribution >= 4 is 21.6 Å². The molecule has 1 amide bonds. The van der Waals surface area contributed by atoms with Crippen molar-refractivity contribution in [3.8, 4) is 0 Å². The summed E-state index contributed by atoms with van der Waals surface area (Å²) in [6.45, 7) is 6.85. The van der Waals surface area contributed by atoms with Gasteiger partial charge in [-0.3, -0.25) is 9.52 Å². The van der Waals surface area contributed by atoms with E-state index in [1.165, 1.54) is 12.1 Å². The molecule has 1 aliphatic rings. The van der Waals surface area contributed by atoms with Crippen molar-refractivity contribution in [1.29, 1.82) is 0 Å². The third kappa shape index (κ3) is 4.67. The first-order chi connectivity index (χ1) is 12.7. The summed E-state index contributed by atoms with van der Waals surface area (Å²) in [5, 5.41) is 0. The van der Waals surface area contributed by atoms with Gasteiger partial charge in [0, 0.05) is 24.3 Å². The molecular weight excluding hydrogens is 364 g/mol. The maximum Gasteiger partial charge on any atom is 0.261 e. The molecule has 0 bridgehead atoms. The highest BCUT2D eigenvalue weighted by Gasteiger charge is 2.26. The molecule has 0 aliphatic carbocycles. The Morgan fingerprint density at radius 1 is 1.00 bits per heavy atom. The first-order valence-electron chi connectivity index (χ1n) is 8.89. The summed E-state index contributed by atoms with van der Waals surface area (Å²) < 4.78 is 33.3. The number of hydrogen-bond donors (Lipinski definition) is 1. The highest BCUT2D eigenvalue weighted by molar-refractivity contribution is 7.92. The molecule has 0 spiro atoms. The van der Waals surface area contributed by atoms with E-state index in [4.69, 9.17) is 4.74 Å². The van der Waals surface area contributed by atoms with Gasteiger partial charge in [0.15, 0.2) is 0 Å². The summed E-state index contributed by atoms with van der Waals surface area (Å²) >= 11 is 0. The number of morpholine rings is 1. The van der Waals surface area contributed by atoms with E-state index in [0.717, 1.165) is 5.56 Å². The number of aryl methyl sites for hydroxylation is 1. The Labute approximate surface area is 160 Å². The molecule has 1 N–H and O–H groups in total. The number of nitrogens with zero attached hydrogens (tertiary/aromatic N) is 1. The van der Waals surface area contributed by atoms with Crippen molar-refractivity contribution in [1.82, 2.24) is 4.90 Å². The smallest absolute Gasteiger partial charge is 0.261 e. The maximum atomic E-state index is 12.7. The van der Waals surface area contributed by atoms with Crippen molar-refractivity contribution in [3.05, 3.63) is 59.7 Å². The van der Waals surface area contributed by atoms with Gasteiger partial charge in [-0.1, -0.05) is 17.7 Å². The standard InChI is InChI=1S/C20H24N2O4S/c1-14-4-8-18(9-5-14)21-27(24,25)19-10-6-17(7-11-19)20(23)22-12-15(2)26-16(3)13-22/h4-11,15-16,21H,12-13H2,1-3H3/t15-,16-/m1/s1. The predicted molar refractivity (Wildman–Crippen MR) is 104 cm³/mol. The van der Waals surface area contributed by atoms with Crippen LogP contribution < -0.4 is 4.72 Å². The SMILES string of the molecule is Cc1ccc(NS(=O)(=O)c2ccc(C(=O)N3C[C@@H](C)O[C@H](C)C3)cc2)cc1. The molecule has 7 heteroatoms. The van der Waals surface area contributed by atoms with Gasteiger partial charge in [0.1, 0.15) is 0 Å². The Morgan fingerprint density at radius 2 is 1.56 bits per heavy atom. The molecule has 1 fully saturated rings.